The summed E-state index contributed by atoms with van der Waals surface area (Å²) in [6, 6.07) is 6.77. The standard InChI is InChI=1S/C15H20N2O4/c1-10(15(20)21)8-17(3)9-14(19)16-13-7-5-4-6-12(13)11(2)18/h4-7,10H,8-9H2,1-3H3,(H,16,19)(H,20,21). The van der Waals surface area contributed by atoms with E-state index >= 15 is 0 Å². The monoisotopic (exact) mass is 292 g/mol. The summed E-state index contributed by atoms with van der Waals surface area (Å²) in [4.78, 5) is 35.8. The first-order valence-electron chi connectivity index (χ1n) is 6.62. The molecule has 1 aromatic carbocycles. The number of anilines is 1. The summed E-state index contributed by atoms with van der Waals surface area (Å²) in [7, 11) is 1.68. The average molecular weight is 292 g/mol. The molecule has 0 aliphatic rings. The third-order valence-electron chi connectivity index (χ3n) is 3.00. The van der Waals surface area contributed by atoms with Gasteiger partial charge in [0, 0.05) is 12.1 Å². The molecular weight excluding hydrogens is 272 g/mol. The smallest absolute Gasteiger partial charge is 0.307 e. The van der Waals surface area contributed by atoms with Crippen LogP contribution < -0.4 is 5.32 Å². The van der Waals surface area contributed by atoms with Crippen molar-refractivity contribution in [1.82, 2.24) is 4.90 Å². The number of carbonyl (C=O) groups excluding carboxylic acids is 2. The summed E-state index contributed by atoms with van der Waals surface area (Å²) in [6.07, 6.45) is 0. The number of carbonyl (C=O) groups is 3. The summed E-state index contributed by atoms with van der Waals surface area (Å²) >= 11 is 0. The fourth-order valence-electron chi connectivity index (χ4n) is 1.94. The molecule has 2 N–H and O–H groups in total. The highest BCUT2D eigenvalue weighted by molar-refractivity contribution is 6.04. The van der Waals surface area contributed by atoms with Crippen molar-refractivity contribution in [3.05, 3.63) is 29.8 Å². The molecule has 1 unspecified atom stereocenters. The Morgan fingerprint density at radius 2 is 1.90 bits per heavy atom. The van der Waals surface area contributed by atoms with Crippen LogP contribution in [-0.2, 0) is 9.59 Å². The van der Waals surface area contributed by atoms with E-state index in [1.165, 1.54) is 6.92 Å². The molecule has 0 spiro atoms. The molecule has 114 valence electrons. The Balaban J connectivity index is 2.62. The Morgan fingerprint density at radius 1 is 1.29 bits per heavy atom. The third-order valence-corrected chi connectivity index (χ3v) is 3.00. The Hall–Kier alpha value is -2.21. The SMILES string of the molecule is CC(=O)c1ccccc1NC(=O)CN(C)CC(C)C(=O)O. The molecule has 0 aromatic heterocycles. The predicted octanol–water partition coefficient (Wildman–Crippen LogP) is 1.48. The average Bonchev–Trinajstić information content (AvgIpc) is 2.38. The van der Waals surface area contributed by atoms with Crippen LogP contribution >= 0.6 is 0 Å². The summed E-state index contributed by atoms with van der Waals surface area (Å²) in [5, 5.41) is 11.5. The van der Waals surface area contributed by atoms with Crippen LogP contribution in [0.15, 0.2) is 24.3 Å². The summed E-state index contributed by atoms with van der Waals surface area (Å²) in [5.74, 6) is -1.86. The van der Waals surface area contributed by atoms with Crippen molar-refractivity contribution in [1.29, 1.82) is 0 Å². The highest BCUT2D eigenvalue weighted by atomic mass is 16.4. The number of ketones is 1. The minimum Gasteiger partial charge on any atom is -0.481 e. The van der Waals surface area contributed by atoms with Gasteiger partial charge in [0.15, 0.2) is 5.78 Å². The number of nitrogens with one attached hydrogen (secondary N) is 1. The molecule has 0 bridgehead atoms. The van der Waals surface area contributed by atoms with E-state index in [0.717, 1.165) is 0 Å². The molecule has 0 radical (unpaired) electrons. The number of aliphatic carboxylic acids is 1. The van der Waals surface area contributed by atoms with Crippen molar-refractivity contribution in [3.8, 4) is 0 Å². The molecule has 0 saturated heterocycles. The number of rotatable bonds is 7. The molecule has 1 amide bonds. The zero-order valence-electron chi connectivity index (χ0n) is 12.4. The van der Waals surface area contributed by atoms with Crippen LogP contribution in [0.1, 0.15) is 24.2 Å². The number of carboxylic acid groups (broad SMARTS) is 1. The Morgan fingerprint density at radius 3 is 2.48 bits per heavy atom. The lowest BCUT2D eigenvalue weighted by atomic mass is 10.1. The second kappa shape index (κ2) is 7.54. The summed E-state index contributed by atoms with van der Waals surface area (Å²) in [5.41, 5.74) is 0.919. The lowest BCUT2D eigenvalue weighted by Gasteiger charge is -2.18. The van der Waals surface area contributed by atoms with Crippen LogP contribution in [0, 0.1) is 5.92 Å². The van der Waals surface area contributed by atoms with Crippen LogP contribution in [-0.4, -0.2) is 47.8 Å². The number of nitrogens with zero attached hydrogens (tertiary/aromatic N) is 1. The second-order valence-electron chi connectivity index (χ2n) is 5.09. The van der Waals surface area contributed by atoms with Crippen LogP contribution in [0.5, 0.6) is 0 Å². The molecule has 0 aliphatic heterocycles. The fraction of sp³-hybridized carbons (Fsp3) is 0.400. The summed E-state index contributed by atoms with van der Waals surface area (Å²) < 4.78 is 0. The van der Waals surface area contributed by atoms with Gasteiger partial charge in [0.1, 0.15) is 0 Å². The van der Waals surface area contributed by atoms with Gasteiger partial charge in [-0.1, -0.05) is 19.1 Å². The number of Topliss-reactive ketones (excluding diaryl/α,β-unsaturated/α-hetero) is 1. The van der Waals surface area contributed by atoms with Gasteiger partial charge in [0.2, 0.25) is 5.91 Å². The molecule has 0 aliphatic carbocycles. The maximum Gasteiger partial charge on any atom is 0.307 e. The molecular formula is C15H20N2O4. The quantitative estimate of drug-likeness (QED) is 0.743. The number of hydrogen-bond acceptors (Lipinski definition) is 4. The van der Waals surface area contributed by atoms with Crippen molar-refractivity contribution in [2.45, 2.75) is 13.8 Å². The molecule has 6 nitrogen and oxygen atoms in total. The van der Waals surface area contributed by atoms with Crippen molar-refractivity contribution in [3.63, 3.8) is 0 Å². The molecule has 0 saturated carbocycles. The van der Waals surface area contributed by atoms with E-state index in [2.05, 4.69) is 5.32 Å². The van der Waals surface area contributed by atoms with Crippen LogP contribution in [0.4, 0.5) is 5.69 Å². The fourth-order valence-corrected chi connectivity index (χ4v) is 1.94. The number of likely N-dealkylation sites (N-methyl/N-ethyl adjacent to an activating group) is 1. The molecule has 6 heteroatoms. The van der Waals surface area contributed by atoms with Gasteiger partial charge in [-0.25, -0.2) is 0 Å². The highest BCUT2D eigenvalue weighted by Crippen LogP contribution is 2.15. The van der Waals surface area contributed by atoms with E-state index in [1.54, 1.807) is 43.1 Å². The minimum absolute atomic E-state index is 0.0594. The molecule has 0 fully saturated rings. The minimum atomic E-state index is -0.899. The van der Waals surface area contributed by atoms with Gasteiger partial charge in [-0.2, -0.15) is 0 Å². The largest absolute Gasteiger partial charge is 0.481 e. The Bertz CT molecular complexity index is 542. The maximum absolute atomic E-state index is 11.9. The van der Waals surface area contributed by atoms with E-state index in [0.29, 0.717) is 11.3 Å². The molecule has 1 aromatic rings. The van der Waals surface area contributed by atoms with Crippen LogP contribution in [0.3, 0.4) is 0 Å². The van der Waals surface area contributed by atoms with Gasteiger partial charge in [-0.05, 0) is 26.1 Å². The van der Waals surface area contributed by atoms with Gasteiger partial charge >= 0.3 is 5.97 Å². The van der Waals surface area contributed by atoms with Gasteiger partial charge in [-0.3, -0.25) is 19.3 Å². The number of hydrogen-bond donors (Lipinski definition) is 2. The Kier molecular flexibility index (Phi) is 6.05. The van der Waals surface area contributed by atoms with Gasteiger partial charge in [0.05, 0.1) is 18.2 Å². The zero-order chi connectivity index (χ0) is 16.0. The van der Waals surface area contributed by atoms with E-state index < -0.39 is 11.9 Å². The normalized spacial score (nSPS) is 12.0. The lowest BCUT2D eigenvalue weighted by Crippen LogP contribution is -2.35. The number of amides is 1. The third kappa shape index (κ3) is 5.35. The van der Waals surface area contributed by atoms with Gasteiger partial charge in [-0.15, -0.1) is 0 Å². The molecule has 21 heavy (non-hydrogen) atoms. The van der Waals surface area contributed by atoms with E-state index in [1.807, 2.05) is 0 Å². The number of para-hydroxylation sites is 1. The molecule has 0 heterocycles. The summed E-state index contributed by atoms with van der Waals surface area (Å²) in [6.45, 7) is 3.36. The van der Waals surface area contributed by atoms with Crippen molar-refractivity contribution < 1.29 is 19.5 Å². The maximum atomic E-state index is 11.9. The van der Waals surface area contributed by atoms with Crippen molar-refractivity contribution >= 4 is 23.3 Å². The second-order valence-corrected chi connectivity index (χ2v) is 5.09. The highest BCUT2D eigenvalue weighted by Gasteiger charge is 2.16. The number of carboxylic acids is 1. The molecule has 1 rings (SSSR count). The first kappa shape index (κ1) is 16.8. The van der Waals surface area contributed by atoms with Crippen molar-refractivity contribution in [2.75, 3.05) is 25.5 Å². The topological polar surface area (TPSA) is 86.7 Å². The number of benzene rings is 1. The van der Waals surface area contributed by atoms with E-state index in [-0.39, 0.29) is 24.8 Å². The lowest BCUT2D eigenvalue weighted by molar-refractivity contribution is -0.141. The van der Waals surface area contributed by atoms with Crippen LogP contribution in [0.2, 0.25) is 0 Å². The Labute approximate surface area is 123 Å². The van der Waals surface area contributed by atoms with E-state index in [4.69, 9.17) is 5.11 Å². The first-order valence-corrected chi connectivity index (χ1v) is 6.62. The van der Waals surface area contributed by atoms with Gasteiger partial charge in [0.25, 0.3) is 0 Å². The van der Waals surface area contributed by atoms with E-state index in [9.17, 15) is 14.4 Å². The first-order chi connectivity index (χ1) is 9.81. The van der Waals surface area contributed by atoms with Crippen molar-refractivity contribution in [2.24, 2.45) is 5.92 Å². The molecule has 1 atom stereocenters. The zero-order valence-corrected chi connectivity index (χ0v) is 12.4. The predicted molar refractivity (Wildman–Crippen MR) is 79.4 cm³/mol. The van der Waals surface area contributed by atoms with Crippen LogP contribution in [0.25, 0.3) is 0 Å². The van der Waals surface area contributed by atoms with Gasteiger partial charge < -0.3 is 10.4 Å².